The van der Waals surface area contributed by atoms with Gasteiger partial charge in [0.1, 0.15) is 0 Å². The number of aryl methyl sites for hydroxylation is 2. The quantitative estimate of drug-likeness (QED) is 0.685. The lowest BCUT2D eigenvalue weighted by Crippen LogP contribution is -1.83. The molecule has 0 amide bonds. The highest BCUT2D eigenvalue weighted by atomic mass is 14.7. The molecule has 1 heterocycles. The molecule has 1 aromatic heterocycles. The van der Waals surface area contributed by atoms with Crippen LogP contribution in [0.25, 0.3) is 0 Å². The molecule has 0 atom stereocenters. The van der Waals surface area contributed by atoms with E-state index in [4.69, 9.17) is 0 Å². The van der Waals surface area contributed by atoms with Crippen molar-refractivity contribution in [3.8, 4) is 0 Å². The maximum absolute atomic E-state index is 3.35. The Bertz CT molecular complexity index is 202. The van der Waals surface area contributed by atoms with Gasteiger partial charge in [-0.3, -0.25) is 0 Å². The number of hydrogen-bond acceptors (Lipinski definition) is 0. The number of unbranched alkanes of at least 4 members (excludes halogenated alkanes) is 2. The van der Waals surface area contributed by atoms with E-state index in [2.05, 4.69) is 31.1 Å². The number of rotatable bonds is 6. The normalized spacial score (nSPS) is 10.6. The number of hydrogen-bond donors (Lipinski definition) is 1. The van der Waals surface area contributed by atoms with Crippen LogP contribution in [-0.2, 0) is 12.8 Å². The minimum atomic E-state index is 1.21. The first-order valence-corrected chi connectivity index (χ1v) is 5.53. The average molecular weight is 179 g/mol. The van der Waals surface area contributed by atoms with Gasteiger partial charge >= 0.3 is 0 Å². The third-order valence-electron chi connectivity index (χ3n) is 2.42. The first kappa shape index (κ1) is 10.4. The van der Waals surface area contributed by atoms with Gasteiger partial charge in [0, 0.05) is 11.9 Å². The zero-order chi connectivity index (χ0) is 9.52. The molecule has 0 radical (unpaired) electrons. The number of aromatic amines is 1. The van der Waals surface area contributed by atoms with Crippen LogP contribution in [0.15, 0.2) is 12.3 Å². The lowest BCUT2D eigenvalue weighted by Gasteiger charge is -1.93. The lowest BCUT2D eigenvalue weighted by molar-refractivity contribution is 0.780. The first-order valence-electron chi connectivity index (χ1n) is 5.53. The third-order valence-corrected chi connectivity index (χ3v) is 2.42. The summed E-state index contributed by atoms with van der Waals surface area (Å²) in [6, 6.07) is 2.32. The van der Waals surface area contributed by atoms with E-state index in [1.54, 1.807) is 0 Å². The van der Waals surface area contributed by atoms with E-state index in [0.717, 1.165) is 0 Å². The summed E-state index contributed by atoms with van der Waals surface area (Å²) in [6.45, 7) is 4.48. The van der Waals surface area contributed by atoms with Gasteiger partial charge in [-0.2, -0.15) is 0 Å². The Kier molecular flexibility index (Phi) is 4.66. The zero-order valence-electron chi connectivity index (χ0n) is 8.90. The molecule has 0 aromatic carbocycles. The van der Waals surface area contributed by atoms with Gasteiger partial charge in [0.05, 0.1) is 0 Å². The highest BCUT2D eigenvalue weighted by Crippen LogP contribution is 2.09. The monoisotopic (exact) mass is 179 g/mol. The van der Waals surface area contributed by atoms with Crippen molar-refractivity contribution in [2.75, 3.05) is 0 Å². The van der Waals surface area contributed by atoms with Crippen LogP contribution < -0.4 is 0 Å². The van der Waals surface area contributed by atoms with Gasteiger partial charge in [-0.1, -0.05) is 26.7 Å². The van der Waals surface area contributed by atoms with E-state index in [9.17, 15) is 0 Å². The van der Waals surface area contributed by atoms with Gasteiger partial charge in [-0.05, 0) is 37.3 Å². The molecule has 74 valence electrons. The molecule has 0 spiro atoms. The zero-order valence-corrected chi connectivity index (χ0v) is 8.90. The molecule has 0 fully saturated rings. The number of aromatic nitrogens is 1. The van der Waals surface area contributed by atoms with Crippen LogP contribution in [0.2, 0.25) is 0 Å². The summed E-state index contributed by atoms with van der Waals surface area (Å²) in [5.74, 6) is 0. The summed E-state index contributed by atoms with van der Waals surface area (Å²) in [7, 11) is 0. The summed E-state index contributed by atoms with van der Waals surface area (Å²) in [5, 5.41) is 0. The first-order chi connectivity index (χ1) is 6.36. The summed E-state index contributed by atoms with van der Waals surface area (Å²) < 4.78 is 0. The molecule has 0 saturated carbocycles. The molecule has 0 unspecified atom stereocenters. The van der Waals surface area contributed by atoms with Crippen LogP contribution in [-0.4, -0.2) is 4.98 Å². The molecule has 1 N–H and O–H groups in total. The molecular weight excluding hydrogens is 158 g/mol. The van der Waals surface area contributed by atoms with Crippen molar-refractivity contribution in [3.63, 3.8) is 0 Å². The van der Waals surface area contributed by atoms with Crippen LogP contribution in [0.4, 0.5) is 0 Å². The second-order valence-corrected chi connectivity index (χ2v) is 3.74. The minimum Gasteiger partial charge on any atom is -0.365 e. The molecule has 0 aliphatic carbocycles. The topological polar surface area (TPSA) is 15.8 Å². The van der Waals surface area contributed by atoms with Crippen LogP contribution in [0.5, 0.6) is 0 Å². The van der Waals surface area contributed by atoms with Crippen molar-refractivity contribution in [1.82, 2.24) is 4.98 Å². The fraction of sp³-hybridized carbons (Fsp3) is 0.667. The average Bonchev–Trinajstić information content (AvgIpc) is 2.59. The van der Waals surface area contributed by atoms with Crippen LogP contribution in [0, 0.1) is 0 Å². The van der Waals surface area contributed by atoms with Gasteiger partial charge in [0.15, 0.2) is 0 Å². The molecular formula is C12H21N. The second-order valence-electron chi connectivity index (χ2n) is 3.74. The van der Waals surface area contributed by atoms with Gasteiger partial charge in [-0.25, -0.2) is 0 Å². The Labute approximate surface area is 81.6 Å². The van der Waals surface area contributed by atoms with Crippen molar-refractivity contribution in [2.45, 2.75) is 52.4 Å². The highest BCUT2D eigenvalue weighted by Gasteiger charge is 1.97. The van der Waals surface area contributed by atoms with E-state index in [1.807, 2.05) is 0 Å². The summed E-state index contributed by atoms with van der Waals surface area (Å²) in [4.78, 5) is 3.35. The molecule has 0 aliphatic rings. The summed E-state index contributed by atoms with van der Waals surface area (Å²) in [5.41, 5.74) is 2.89. The van der Waals surface area contributed by atoms with Crippen LogP contribution in [0.3, 0.4) is 0 Å². The smallest absolute Gasteiger partial charge is 0.0149 e. The van der Waals surface area contributed by atoms with E-state index < -0.39 is 0 Å². The van der Waals surface area contributed by atoms with E-state index in [0.29, 0.717) is 0 Å². The molecule has 1 heteroatoms. The molecule has 1 nitrogen and oxygen atoms in total. The van der Waals surface area contributed by atoms with Crippen LogP contribution in [0.1, 0.15) is 50.8 Å². The Balaban J connectivity index is 2.34. The van der Waals surface area contributed by atoms with Crippen LogP contribution >= 0.6 is 0 Å². The van der Waals surface area contributed by atoms with Gasteiger partial charge in [-0.15, -0.1) is 0 Å². The predicted octanol–water partition coefficient (Wildman–Crippen LogP) is 3.70. The largest absolute Gasteiger partial charge is 0.365 e. The Morgan fingerprint density at radius 1 is 1.08 bits per heavy atom. The lowest BCUT2D eigenvalue weighted by atomic mass is 10.1. The third kappa shape index (κ3) is 3.67. The summed E-state index contributed by atoms with van der Waals surface area (Å²) >= 11 is 0. The SMILES string of the molecule is CCCCc1c[nH]c(CCCC)c1. The van der Waals surface area contributed by atoms with E-state index in [1.165, 1.54) is 49.8 Å². The summed E-state index contributed by atoms with van der Waals surface area (Å²) in [6.07, 6.45) is 9.79. The Morgan fingerprint density at radius 3 is 2.46 bits per heavy atom. The fourth-order valence-corrected chi connectivity index (χ4v) is 1.53. The van der Waals surface area contributed by atoms with Crippen molar-refractivity contribution >= 4 is 0 Å². The number of nitrogens with one attached hydrogen (secondary N) is 1. The fourth-order valence-electron chi connectivity index (χ4n) is 1.53. The van der Waals surface area contributed by atoms with Gasteiger partial charge in [0.2, 0.25) is 0 Å². The number of H-pyrrole nitrogens is 1. The Hall–Kier alpha value is -0.720. The highest BCUT2D eigenvalue weighted by molar-refractivity contribution is 5.16. The molecule has 0 saturated heterocycles. The maximum Gasteiger partial charge on any atom is 0.0149 e. The van der Waals surface area contributed by atoms with Gasteiger partial charge < -0.3 is 4.98 Å². The van der Waals surface area contributed by atoms with Gasteiger partial charge in [0.25, 0.3) is 0 Å². The molecule has 0 bridgehead atoms. The molecule has 13 heavy (non-hydrogen) atoms. The standard InChI is InChI=1S/C12H21N/c1-3-5-7-11-9-12(13-10-11)8-6-4-2/h9-10,13H,3-8H2,1-2H3. The van der Waals surface area contributed by atoms with Crippen molar-refractivity contribution in [1.29, 1.82) is 0 Å². The van der Waals surface area contributed by atoms with Crippen molar-refractivity contribution in [2.24, 2.45) is 0 Å². The predicted molar refractivity (Wildman–Crippen MR) is 58.0 cm³/mol. The molecule has 0 aliphatic heterocycles. The molecule has 1 rings (SSSR count). The van der Waals surface area contributed by atoms with Crippen molar-refractivity contribution in [3.05, 3.63) is 23.5 Å². The maximum atomic E-state index is 3.35. The molecule has 1 aromatic rings. The second kappa shape index (κ2) is 5.85. The van der Waals surface area contributed by atoms with E-state index in [-0.39, 0.29) is 0 Å². The van der Waals surface area contributed by atoms with E-state index >= 15 is 0 Å². The van der Waals surface area contributed by atoms with Crippen molar-refractivity contribution < 1.29 is 0 Å². The Morgan fingerprint density at radius 2 is 1.77 bits per heavy atom. The minimum absolute atomic E-state index is 1.21.